The number of hydrogen-bond donors (Lipinski definition) is 0. The van der Waals surface area contributed by atoms with Gasteiger partial charge in [-0.3, -0.25) is 0 Å². The molecule has 0 heterocycles. The maximum Gasteiger partial charge on any atom is 0.131 e. The molecule has 2 aromatic rings. The van der Waals surface area contributed by atoms with Gasteiger partial charge in [-0.25, -0.2) is 8.78 Å². The maximum atomic E-state index is 15.1. The fraction of sp³-hybridized carbons (Fsp3) is 0.636. The minimum Gasteiger partial charge on any atom is -0.385 e. The topological polar surface area (TPSA) is 9.23 Å². The molecule has 0 N–H and O–H groups in total. The van der Waals surface area contributed by atoms with Crippen molar-refractivity contribution >= 4 is 0 Å². The van der Waals surface area contributed by atoms with Gasteiger partial charge in [0.25, 0.3) is 0 Å². The summed E-state index contributed by atoms with van der Waals surface area (Å²) in [4.78, 5) is 0. The molecule has 2 aliphatic carbocycles. The quantitative estimate of drug-likeness (QED) is 0.281. The molecule has 0 aliphatic heterocycles. The summed E-state index contributed by atoms with van der Waals surface area (Å²) in [5.41, 5.74) is 3.03. The van der Waals surface area contributed by atoms with Crippen LogP contribution in [0.1, 0.15) is 107 Å². The summed E-state index contributed by atoms with van der Waals surface area (Å²) >= 11 is 0. The molecule has 36 heavy (non-hydrogen) atoms. The van der Waals surface area contributed by atoms with Crippen LogP contribution in [-0.2, 0) is 11.2 Å². The first-order valence-corrected chi connectivity index (χ1v) is 14.6. The summed E-state index contributed by atoms with van der Waals surface area (Å²) in [6.45, 7) is 3.12. The molecule has 0 aromatic heterocycles. The molecule has 0 amide bonds. The van der Waals surface area contributed by atoms with Crippen LogP contribution in [-0.4, -0.2) is 13.7 Å². The van der Waals surface area contributed by atoms with Crippen molar-refractivity contribution in [1.29, 1.82) is 0 Å². The number of hydrogen-bond acceptors (Lipinski definition) is 1. The van der Waals surface area contributed by atoms with Gasteiger partial charge in [-0.1, -0.05) is 69.7 Å². The van der Waals surface area contributed by atoms with Crippen LogP contribution < -0.4 is 0 Å². The van der Waals surface area contributed by atoms with Crippen LogP contribution in [0, 0.1) is 29.4 Å². The molecule has 4 rings (SSSR count). The SMILES string of the molecule is CCCC1CCC(c2ccc(-c3ccc(CCC4CCC(CCCOC)CC4)c(F)c3)c(F)c2)CC1. The highest BCUT2D eigenvalue weighted by Gasteiger charge is 2.23. The summed E-state index contributed by atoms with van der Waals surface area (Å²) in [7, 11) is 1.77. The van der Waals surface area contributed by atoms with Crippen molar-refractivity contribution in [3.63, 3.8) is 0 Å². The van der Waals surface area contributed by atoms with Crippen LogP contribution >= 0.6 is 0 Å². The highest BCUT2D eigenvalue weighted by Crippen LogP contribution is 2.39. The van der Waals surface area contributed by atoms with E-state index in [0.717, 1.165) is 61.7 Å². The monoisotopic (exact) mass is 496 g/mol. The number of methoxy groups -OCH3 is 1. The number of halogens is 2. The second kappa shape index (κ2) is 13.7. The number of benzene rings is 2. The van der Waals surface area contributed by atoms with Crippen LogP contribution in [0.5, 0.6) is 0 Å². The van der Waals surface area contributed by atoms with Crippen molar-refractivity contribution in [2.45, 2.75) is 103 Å². The summed E-state index contributed by atoms with van der Waals surface area (Å²) in [5, 5.41) is 0. The van der Waals surface area contributed by atoms with Gasteiger partial charge < -0.3 is 4.74 Å². The van der Waals surface area contributed by atoms with Crippen molar-refractivity contribution in [3.05, 3.63) is 59.2 Å². The molecule has 0 unspecified atom stereocenters. The Balaban J connectivity index is 1.29. The summed E-state index contributed by atoms with van der Waals surface area (Å²) in [6.07, 6.45) is 16.8. The number of aryl methyl sites for hydroxylation is 1. The first kappa shape index (κ1) is 27.3. The van der Waals surface area contributed by atoms with Crippen LogP contribution in [0.4, 0.5) is 8.78 Å². The first-order chi connectivity index (χ1) is 17.6. The van der Waals surface area contributed by atoms with E-state index in [0.29, 0.717) is 23.0 Å². The molecule has 0 radical (unpaired) electrons. The molecular formula is C33H46F2O. The van der Waals surface area contributed by atoms with E-state index in [-0.39, 0.29) is 11.6 Å². The lowest BCUT2D eigenvalue weighted by Crippen LogP contribution is -2.15. The van der Waals surface area contributed by atoms with Crippen molar-refractivity contribution in [2.24, 2.45) is 17.8 Å². The van der Waals surface area contributed by atoms with Gasteiger partial charge in [-0.2, -0.15) is 0 Å². The fourth-order valence-corrected chi connectivity index (χ4v) is 6.81. The second-order valence-electron chi connectivity index (χ2n) is 11.6. The minimum atomic E-state index is -0.224. The smallest absolute Gasteiger partial charge is 0.131 e. The van der Waals surface area contributed by atoms with Gasteiger partial charge in [0.1, 0.15) is 11.6 Å². The van der Waals surface area contributed by atoms with Gasteiger partial charge in [0.15, 0.2) is 0 Å². The lowest BCUT2D eigenvalue weighted by Gasteiger charge is -2.29. The molecular weight excluding hydrogens is 450 g/mol. The second-order valence-corrected chi connectivity index (χ2v) is 11.6. The zero-order valence-corrected chi connectivity index (χ0v) is 22.5. The Bertz CT molecular complexity index is 939. The Kier molecular flexibility index (Phi) is 10.4. The molecule has 2 aliphatic rings. The van der Waals surface area contributed by atoms with E-state index in [9.17, 15) is 4.39 Å². The Labute approximate surface area is 218 Å². The van der Waals surface area contributed by atoms with Crippen molar-refractivity contribution < 1.29 is 13.5 Å². The van der Waals surface area contributed by atoms with E-state index in [4.69, 9.17) is 4.74 Å². The average molecular weight is 497 g/mol. The molecule has 198 valence electrons. The Morgan fingerprint density at radius 3 is 2.06 bits per heavy atom. The summed E-state index contributed by atoms with van der Waals surface area (Å²) < 4.78 is 35.3. The van der Waals surface area contributed by atoms with Crippen LogP contribution in [0.25, 0.3) is 11.1 Å². The average Bonchev–Trinajstić information content (AvgIpc) is 2.89. The van der Waals surface area contributed by atoms with Crippen molar-refractivity contribution in [2.75, 3.05) is 13.7 Å². The van der Waals surface area contributed by atoms with Gasteiger partial charge in [0.2, 0.25) is 0 Å². The normalized spacial score (nSPS) is 24.7. The molecule has 1 nitrogen and oxygen atoms in total. The largest absolute Gasteiger partial charge is 0.385 e. The predicted molar refractivity (Wildman–Crippen MR) is 146 cm³/mol. The van der Waals surface area contributed by atoms with Crippen LogP contribution in [0.15, 0.2) is 36.4 Å². The Morgan fingerprint density at radius 1 is 0.750 bits per heavy atom. The zero-order valence-electron chi connectivity index (χ0n) is 22.5. The highest BCUT2D eigenvalue weighted by molar-refractivity contribution is 5.65. The molecule has 0 saturated heterocycles. The van der Waals surface area contributed by atoms with E-state index in [1.54, 1.807) is 13.2 Å². The van der Waals surface area contributed by atoms with Crippen molar-refractivity contribution in [1.82, 2.24) is 0 Å². The Hall–Kier alpha value is -1.74. The maximum absolute atomic E-state index is 15.1. The third-order valence-corrected chi connectivity index (χ3v) is 9.12. The molecule has 2 aromatic carbocycles. The van der Waals surface area contributed by atoms with Crippen LogP contribution in [0.2, 0.25) is 0 Å². The predicted octanol–water partition coefficient (Wildman–Crippen LogP) is 9.87. The van der Waals surface area contributed by atoms with E-state index in [2.05, 4.69) is 13.0 Å². The van der Waals surface area contributed by atoms with E-state index in [1.165, 1.54) is 63.9 Å². The fourth-order valence-electron chi connectivity index (χ4n) is 6.81. The third kappa shape index (κ3) is 7.40. The summed E-state index contributed by atoms with van der Waals surface area (Å²) in [5.74, 6) is 2.42. The molecule has 0 bridgehead atoms. The minimum absolute atomic E-state index is 0.196. The summed E-state index contributed by atoms with van der Waals surface area (Å²) in [6, 6.07) is 11.0. The standard InChI is InChI=1S/C33H46F2O/c1-3-5-24-11-14-27(15-12-24)29-19-20-31(33(35)22-29)30-18-17-28(32(34)23-30)16-13-26-9-7-25(8-10-26)6-4-21-36-2/h17-20,22-27H,3-16,21H2,1-2H3. The van der Waals surface area contributed by atoms with Gasteiger partial charge in [0, 0.05) is 19.3 Å². The number of ether oxygens (including phenoxy) is 1. The van der Waals surface area contributed by atoms with E-state index >= 15 is 4.39 Å². The molecule has 0 spiro atoms. The molecule has 2 fully saturated rings. The molecule has 0 atom stereocenters. The lowest BCUT2D eigenvalue weighted by molar-refractivity contribution is 0.175. The highest BCUT2D eigenvalue weighted by atomic mass is 19.1. The van der Waals surface area contributed by atoms with Crippen LogP contribution in [0.3, 0.4) is 0 Å². The molecule has 2 saturated carbocycles. The zero-order chi connectivity index (χ0) is 25.3. The van der Waals surface area contributed by atoms with Crippen molar-refractivity contribution in [3.8, 4) is 11.1 Å². The Morgan fingerprint density at radius 2 is 1.42 bits per heavy atom. The molecule has 3 heteroatoms. The van der Waals surface area contributed by atoms with E-state index < -0.39 is 0 Å². The lowest BCUT2D eigenvalue weighted by atomic mass is 9.77. The third-order valence-electron chi connectivity index (χ3n) is 9.12. The van der Waals surface area contributed by atoms with Gasteiger partial charge in [-0.05, 0) is 104 Å². The van der Waals surface area contributed by atoms with Gasteiger partial charge in [-0.15, -0.1) is 0 Å². The van der Waals surface area contributed by atoms with Gasteiger partial charge in [0.05, 0.1) is 0 Å². The number of rotatable bonds is 11. The van der Waals surface area contributed by atoms with E-state index in [1.807, 2.05) is 18.2 Å². The first-order valence-electron chi connectivity index (χ1n) is 14.6. The van der Waals surface area contributed by atoms with Gasteiger partial charge >= 0.3 is 0 Å².